The number of alkyl halides is 3. The number of nitrogens with two attached hydrogens (primary N) is 1. The Labute approximate surface area is 188 Å². The summed E-state index contributed by atoms with van der Waals surface area (Å²) in [7, 11) is 0. The fourth-order valence-electron chi connectivity index (χ4n) is 4.12. The summed E-state index contributed by atoms with van der Waals surface area (Å²) >= 11 is 1.31. The number of anilines is 2. The lowest BCUT2D eigenvalue weighted by Crippen LogP contribution is -2.41. The lowest BCUT2D eigenvalue weighted by Gasteiger charge is -2.26. The van der Waals surface area contributed by atoms with Crippen molar-refractivity contribution in [3.63, 3.8) is 0 Å². The van der Waals surface area contributed by atoms with Crippen LogP contribution in [-0.2, 0) is 11.0 Å². The largest absolute Gasteiger partial charge is 0.416 e. The van der Waals surface area contributed by atoms with Gasteiger partial charge in [-0.3, -0.25) is 9.69 Å². The van der Waals surface area contributed by atoms with E-state index in [0.717, 1.165) is 36.3 Å². The second kappa shape index (κ2) is 8.71. The molecule has 2 heterocycles. The molecule has 1 aromatic heterocycles. The third kappa shape index (κ3) is 4.73. The van der Waals surface area contributed by atoms with E-state index in [0.29, 0.717) is 34.1 Å². The molecule has 0 bridgehead atoms. The number of thiazole rings is 1. The maximum Gasteiger partial charge on any atom is 0.416 e. The first-order valence-electron chi connectivity index (χ1n) is 10.5. The van der Waals surface area contributed by atoms with E-state index in [1.54, 1.807) is 12.1 Å². The molecule has 9 heteroatoms. The Morgan fingerprint density at radius 1 is 1.34 bits per heavy atom. The first kappa shape index (κ1) is 22.5. The molecule has 1 radical (unpaired) electrons. The number of likely N-dealkylation sites (tertiary alicyclic amines) is 1. The summed E-state index contributed by atoms with van der Waals surface area (Å²) in [6.45, 7) is 5.73. The highest BCUT2D eigenvalue weighted by molar-refractivity contribution is 7.22. The average Bonchev–Trinajstić information content (AvgIpc) is 3.31. The summed E-state index contributed by atoms with van der Waals surface area (Å²) in [5, 5.41) is 3.17. The van der Waals surface area contributed by atoms with Gasteiger partial charge in [-0.2, -0.15) is 13.2 Å². The zero-order chi connectivity index (χ0) is 23.0. The van der Waals surface area contributed by atoms with Crippen LogP contribution in [0, 0.1) is 12.0 Å². The van der Waals surface area contributed by atoms with Crippen molar-refractivity contribution >= 4 is 38.3 Å². The maximum atomic E-state index is 13.4. The van der Waals surface area contributed by atoms with E-state index in [1.807, 2.05) is 0 Å². The van der Waals surface area contributed by atoms with Gasteiger partial charge in [0.2, 0.25) is 5.91 Å². The van der Waals surface area contributed by atoms with Crippen LogP contribution in [0.2, 0.25) is 0 Å². The number of carbonyl (C=O) groups is 1. The Hall–Kier alpha value is -2.65. The molecule has 1 atom stereocenters. The van der Waals surface area contributed by atoms with Gasteiger partial charge in [0.25, 0.3) is 0 Å². The Balaban J connectivity index is 1.70. The average molecular weight is 462 g/mol. The van der Waals surface area contributed by atoms with Crippen molar-refractivity contribution in [3.8, 4) is 11.1 Å². The molecule has 1 amide bonds. The molecule has 1 saturated heterocycles. The zero-order valence-corrected chi connectivity index (χ0v) is 18.6. The van der Waals surface area contributed by atoms with Crippen molar-refractivity contribution in [3.05, 3.63) is 42.0 Å². The van der Waals surface area contributed by atoms with Crippen molar-refractivity contribution in [2.45, 2.75) is 38.9 Å². The van der Waals surface area contributed by atoms with E-state index in [2.05, 4.69) is 35.1 Å². The fraction of sp³-hybridized carbons (Fsp3) is 0.391. The predicted molar refractivity (Wildman–Crippen MR) is 121 cm³/mol. The van der Waals surface area contributed by atoms with E-state index in [-0.39, 0.29) is 17.6 Å². The molecule has 0 saturated carbocycles. The quantitative estimate of drug-likeness (QED) is 0.532. The second-order valence-electron chi connectivity index (χ2n) is 8.43. The number of fused-ring (bicyclic) bond motifs is 1. The highest BCUT2D eigenvalue weighted by Crippen LogP contribution is 2.37. The molecule has 0 unspecified atom stereocenters. The first-order valence-corrected chi connectivity index (χ1v) is 11.3. The molecule has 2 aromatic carbocycles. The number of nitrogens with one attached hydrogen (secondary N) is 1. The van der Waals surface area contributed by atoms with Crippen LogP contribution in [-0.4, -0.2) is 34.9 Å². The minimum atomic E-state index is -4.52. The van der Waals surface area contributed by atoms with Gasteiger partial charge in [0, 0.05) is 23.9 Å². The van der Waals surface area contributed by atoms with Gasteiger partial charge in [0.15, 0.2) is 5.13 Å². The molecule has 1 aliphatic rings. The summed E-state index contributed by atoms with van der Waals surface area (Å²) in [6.07, 6.45) is -2.95. The number of hydrogen-bond acceptors (Lipinski definition) is 5. The first-order chi connectivity index (χ1) is 15.1. The summed E-state index contributed by atoms with van der Waals surface area (Å²) in [5.41, 5.74) is 6.59. The Morgan fingerprint density at radius 2 is 2.12 bits per heavy atom. The van der Waals surface area contributed by atoms with E-state index < -0.39 is 11.7 Å². The number of rotatable bonds is 5. The number of nitrogens with zero attached hydrogens (tertiary/aromatic N) is 2. The third-order valence-electron chi connectivity index (χ3n) is 5.49. The molecular formula is C23H24F3N4OS. The number of hydrogen-bond donors (Lipinski definition) is 2. The van der Waals surface area contributed by atoms with Gasteiger partial charge >= 0.3 is 6.18 Å². The zero-order valence-electron chi connectivity index (χ0n) is 17.8. The van der Waals surface area contributed by atoms with E-state index in [9.17, 15) is 18.0 Å². The van der Waals surface area contributed by atoms with Crippen LogP contribution in [0.5, 0.6) is 0 Å². The van der Waals surface area contributed by atoms with Gasteiger partial charge in [-0.15, -0.1) is 0 Å². The van der Waals surface area contributed by atoms with Crippen LogP contribution in [0.3, 0.4) is 0 Å². The smallest absolute Gasteiger partial charge is 0.375 e. The van der Waals surface area contributed by atoms with Crippen molar-refractivity contribution in [1.29, 1.82) is 0 Å². The van der Waals surface area contributed by atoms with E-state index in [4.69, 9.17) is 5.73 Å². The van der Waals surface area contributed by atoms with Crippen LogP contribution in [0.15, 0.2) is 30.3 Å². The summed E-state index contributed by atoms with van der Waals surface area (Å²) in [6, 6.07) is 9.68. The third-order valence-corrected chi connectivity index (χ3v) is 6.34. The monoisotopic (exact) mass is 461 g/mol. The summed E-state index contributed by atoms with van der Waals surface area (Å²) in [4.78, 5) is 19.4. The SMILES string of the molecule is CC(C)CN1CCC[C@H]1C(=O)Nc1cc(C(F)(F)F)ccc1-c1[c]c2nc(N)sc2cc1. The molecule has 5 nitrogen and oxygen atoms in total. The second-order valence-corrected chi connectivity index (χ2v) is 9.49. The van der Waals surface area contributed by atoms with Crippen LogP contribution in [0.25, 0.3) is 21.3 Å². The molecular weight excluding hydrogens is 437 g/mol. The lowest BCUT2D eigenvalue weighted by atomic mass is 10.0. The van der Waals surface area contributed by atoms with Gasteiger partial charge in [-0.25, -0.2) is 4.98 Å². The van der Waals surface area contributed by atoms with Gasteiger partial charge < -0.3 is 11.1 Å². The summed E-state index contributed by atoms with van der Waals surface area (Å²) in [5.74, 6) is 0.0992. The standard InChI is InChI=1S/C23H24F3N4OS/c1-13(2)12-30-9-3-4-19(30)21(31)28-17-11-15(23(24,25)26)6-7-16(17)14-5-8-20-18(10-14)29-22(27)32-20/h5-8,11,13,19H,3-4,9,12H2,1-2H3,(H2,27,29)(H,28,31)/t19-/m0/s1. The molecule has 3 aromatic rings. The normalized spacial score (nSPS) is 17.4. The number of amides is 1. The molecule has 1 aliphatic heterocycles. The maximum absolute atomic E-state index is 13.4. The fourth-order valence-corrected chi connectivity index (χ4v) is 4.81. The van der Waals surface area contributed by atoms with Crippen molar-refractivity contribution in [1.82, 2.24) is 9.88 Å². The lowest BCUT2D eigenvalue weighted by molar-refractivity contribution is -0.137. The minimum Gasteiger partial charge on any atom is -0.375 e. The minimum absolute atomic E-state index is 0.111. The van der Waals surface area contributed by atoms with Crippen LogP contribution in [0.4, 0.5) is 24.0 Å². The highest BCUT2D eigenvalue weighted by Gasteiger charge is 2.33. The predicted octanol–water partition coefficient (Wildman–Crippen LogP) is 5.42. The number of nitrogen functional groups attached to an aromatic ring is 1. The van der Waals surface area contributed by atoms with Gasteiger partial charge in [0.05, 0.1) is 21.8 Å². The molecule has 3 N–H and O–H groups in total. The number of halogens is 3. The Kier molecular flexibility index (Phi) is 6.13. The van der Waals surface area contributed by atoms with Crippen molar-refractivity contribution in [2.24, 2.45) is 5.92 Å². The van der Waals surface area contributed by atoms with Gasteiger partial charge in [-0.1, -0.05) is 37.3 Å². The number of aromatic nitrogens is 1. The Morgan fingerprint density at radius 3 is 2.84 bits per heavy atom. The van der Waals surface area contributed by atoms with Crippen LogP contribution < -0.4 is 11.1 Å². The molecule has 4 rings (SSSR count). The number of benzene rings is 2. The van der Waals surface area contributed by atoms with E-state index in [1.165, 1.54) is 17.4 Å². The number of carbonyl (C=O) groups excluding carboxylic acids is 1. The topological polar surface area (TPSA) is 71.2 Å². The van der Waals surface area contributed by atoms with E-state index >= 15 is 0 Å². The van der Waals surface area contributed by atoms with Crippen LogP contribution >= 0.6 is 11.3 Å². The van der Waals surface area contributed by atoms with Gasteiger partial charge in [0.1, 0.15) is 0 Å². The van der Waals surface area contributed by atoms with Crippen LogP contribution in [0.1, 0.15) is 32.3 Å². The molecule has 32 heavy (non-hydrogen) atoms. The molecule has 0 spiro atoms. The highest BCUT2D eigenvalue weighted by atomic mass is 32.1. The molecule has 0 aliphatic carbocycles. The Bertz CT molecular complexity index is 1140. The summed E-state index contributed by atoms with van der Waals surface area (Å²) < 4.78 is 41.0. The van der Waals surface area contributed by atoms with Crippen molar-refractivity contribution in [2.75, 3.05) is 24.1 Å². The molecule has 1 fully saturated rings. The van der Waals surface area contributed by atoms with Crippen molar-refractivity contribution < 1.29 is 18.0 Å². The van der Waals surface area contributed by atoms with Gasteiger partial charge in [-0.05, 0) is 49.1 Å². The molecule has 169 valence electrons.